The van der Waals surface area contributed by atoms with Gasteiger partial charge in [-0.1, -0.05) is 29.8 Å². The van der Waals surface area contributed by atoms with E-state index in [0.29, 0.717) is 0 Å². The van der Waals surface area contributed by atoms with Crippen LogP contribution in [0.3, 0.4) is 0 Å². The molecular weight excluding hydrogens is 324 g/mol. The minimum absolute atomic E-state index is 0.741. The lowest BCUT2D eigenvalue weighted by Crippen LogP contribution is -2.16. The van der Waals surface area contributed by atoms with Gasteiger partial charge in [-0.15, -0.1) is 11.3 Å². The molecule has 0 fully saturated rings. The molecule has 116 valence electrons. The number of fused-ring (bicyclic) bond motifs is 1. The summed E-state index contributed by atoms with van der Waals surface area (Å²) in [5.74, 6) is 0. The van der Waals surface area contributed by atoms with Gasteiger partial charge in [-0.25, -0.2) is 4.99 Å². The van der Waals surface area contributed by atoms with Crippen LogP contribution in [0.5, 0.6) is 0 Å². The first-order chi connectivity index (χ1) is 11.3. The van der Waals surface area contributed by atoms with E-state index in [-0.39, 0.29) is 0 Å². The lowest BCUT2D eigenvalue weighted by atomic mass is 10.0. The number of aromatic nitrogens is 1. The third kappa shape index (κ3) is 2.99. The third-order valence-corrected chi connectivity index (χ3v) is 5.53. The van der Waals surface area contributed by atoms with Crippen LogP contribution in [0.2, 0.25) is 5.02 Å². The summed E-state index contributed by atoms with van der Waals surface area (Å²) in [5, 5.41) is 0.741. The van der Waals surface area contributed by atoms with Crippen molar-refractivity contribution in [1.29, 1.82) is 0 Å². The molecule has 2 nitrogen and oxygen atoms in total. The van der Waals surface area contributed by atoms with Crippen molar-refractivity contribution in [1.82, 2.24) is 4.57 Å². The number of thiazole rings is 1. The molecule has 0 spiro atoms. The fraction of sp³-hybridized carbons (Fsp3) is 0.211. The maximum absolute atomic E-state index is 5.98. The Bertz CT molecular complexity index is 876. The van der Waals surface area contributed by atoms with Gasteiger partial charge >= 0.3 is 0 Å². The predicted octanol–water partition coefficient (Wildman–Crippen LogP) is 5.30. The summed E-state index contributed by atoms with van der Waals surface area (Å²) in [6, 6.07) is 18.3. The highest BCUT2D eigenvalue weighted by molar-refractivity contribution is 7.09. The van der Waals surface area contributed by atoms with Gasteiger partial charge in [-0.05, 0) is 62.1 Å². The molecule has 2 aromatic carbocycles. The molecule has 1 aliphatic rings. The van der Waals surface area contributed by atoms with Crippen LogP contribution < -0.4 is 4.80 Å². The van der Waals surface area contributed by atoms with Gasteiger partial charge in [0.05, 0.1) is 5.69 Å². The molecule has 0 saturated carbocycles. The first-order valence-electron chi connectivity index (χ1n) is 7.90. The fourth-order valence-corrected chi connectivity index (χ4v) is 4.38. The molecule has 1 heterocycles. The molecule has 0 radical (unpaired) electrons. The molecule has 4 rings (SSSR count). The van der Waals surface area contributed by atoms with Crippen LogP contribution in [0.15, 0.2) is 59.6 Å². The second-order valence-electron chi connectivity index (χ2n) is 5.72. The summed E-state index contributed by atoms with van der Waals surface area (Å²) >= 11 is 7.80. The second kappa shape index (κ2) is 6.34. The van der Waals surface area contributed by atoms with Gasteiger partial charge in [-0.3, -0.25) is 4.57 Å². The number of benzene rings is 2. The minimum atomic E-state index is 0.741. The first kappa shape index (κ1) is 14.7. The largest absolute Gasteiger partial charge is 0.289 e. The van der Waals surface area contributed by atoms with Crippen molar-refractivity contribution in [2.45, 2.75) is 25.7 Å². The van der Waals surface area contributed by atoms with E-state index >= 15 is 0 Å². The minimum Gasteiger partial charge on any atom is -0.289 e. The van der Waals surface area contributed by atoms with E-state index < -0.39 is 0 Å². The summed E-state index contributed by atoms with van der Waals surface area (Å²) in [4.78, 5) is 7.41. The van der Waals surface area contributed by atoms with E-state index in [9.17, 15) is 0 Å². The van der Waals surface area contributed by atoms with Crippen molar-refractivity contribution in [3.05, 3.63) is 75.0 Å². The summed E-state index contributed by atoms with van der Waals surface area (Å²) in [5.41, 5.74) is 3.57. The van der Waals surface area contributed by atoms with Crippen molar-refractivity contribution >= 4 is 28.6 Å². The van der Waals surface area contributed by atoms with Crippen molar-refractivity contribution in [3.63, 3.8) is 0 Å². The lowest BCUT2D eigenvalue weighted by molar-refractivity contribution is 0.663. The van der Waals surface area contributed by atoms with E-state index in [1.54, 1.807) is 0 Å². The number of halogens is 1. The Balaban J connectivity index is 1.92. The van der Waals surface area contributed by atoms with Gasteiger partial charge in [0.1, 0.15) is 0 Å². The average molecular weight is 341 g/mol. The molecular formula is C19H17ClN2S. The first-order valence-corrected chi connectivity index (χ1v) is 9.10. The smallest absolute Gasteiger partial charge is 0.195 e. The SMILES string of the molecule is Clc1ccc(N=c2sc3c(n2-c2ccccc2)CCCC3)cc1. The van der Waals surface area contributed by atoms with Crippen LogP contribution >= 0.6 is 22.9 Å². The monoisotopic (exact) mass is 340 g/mol. The summed E-state index contributed by atoms with van der Waals surface area (Å²) in [6.45, 7) is 0. The van der Waals surface area contributed by atoms with Crippen LogP contribution in [-0.4, -0.2) is 4.57 Å². The number of para-hydroxylation sites is 1. The molecule has 0 N–H and O–H groups in total. The van der Waals surface area contributed by atoms with Crippen molar-refractivity contribution in [3.8, 4) is 5.69 Å². The second-order valence-corrected chi connectivity index (χ2v) is 7.22. The maximum atomic E-state index is 5.98. The van der Waals surface area contributed by atoms with Crippen molar-refractivity contribution in [2.24, 2.45) is 4.99 Å². The van der Waals surface area contributed by atoms with Crippen molar-refractivity contribution in [2.75, 3.05) is 0 Å². The molecule has 0 unspecified atom stereocenters. The molecule has 0 saturated heterocycles. The third-order valence-electron chi connectivity index (χ3n) is 4.13. The van der Waals surface area contributed by atoms with E-state index in [0.717, 1.165) is 21.9 Å². The van der Waals surface area contributed by atoms with Gasteiger partial charge < -0.3 is 0 Å². The van der Waals surface area contributed by atoms with Gasteiger partial charge in [0.2, 0.25) is 0 Å². The normalized spacial score (nSPS) is 14.7. The Morgan fingerprint density at radius 2 is 1.65 bits per heavy atom. The van der Waals surface area contributed by atoms with Gasteiger partial charge in [0.15, 0.2) is 4.80 Å². The molecule has 1 aromatic heterocycles. The highest BCUT2D eigenvalue weighted by Crippen LogP contribution is 2.26. The Labute approximate surface area is 144 Å². The van der Waals surface area contributed by atoms with Crippen LogP contribution in [0.1, 0.15) is 23.4 Å². The zero-order valence-electron chi connectivity index (χ0n) is 12.7. The molecule has 0 aliphatic heterocycles. The van der Waals surface area contributed by atoms with Crippen molar-refractivity contribution < 1.29 is 0 Å². The van der Waals surface area contributed by atoms with Crippen LogP contribution in [0.25, 0.3) is 5.69 Å². The number of hydrogen-bond donors (Lipinski definition) is 0. The van der Waals surface area contributed by atoms with Gasteiger partial charge in [0, 0.05) is 21.3 Å². The predicted molar refractivity (Wildman–Crippen MR) is 97.0 cm³/mol. The number of hydrogen-bond acceptors (Lipinski definition) is 2. The Morgan fingerprint density at radius 1 is 0.913 bits per heavy atom. The fourth-order valence-electron chi connectivity index (χ4n) is 3.02. The van der Waals surface area contributed by atoms with Crippen LogP contribution in [0, 0.1) is 0 Å². The number of rotatable bonds is 2. The quantitative estimate of drug-likeness (QED) is 0.602. The average Bonchev–Trinajstić information content (AvgIpc) is 2.95. The Hall–Kier alpha value is -1.84. The summed E-state index contributed by atoms with van der Waals surface area (Å²) in [6.07, 6.45) is 4.85. The zero-order chi connectivity index (χ0) is 15.6. The summed E-state index contributed by atoms with van der Waals surface area (Å²) in [7, 11) is 0. The van der Waals surface area contributed by atoms with E-state index in [1.807, 2.05) is 35.6 Å². The molecule has 0 bridgehead atoms. The highest BCUT2D eigenvalue weighted by Gasteiger charge is 2.18. The molecule has 4 heteroatoms. The lowest BCUT2D eigenvalue weighted by Gasteiger charge is -2.14. The maximum Gasteiger partial charge on any atom is 0.195 e. The van der Waals surface area contributed by atoms with Gasteiger partial charge in [-0.2, -0.15) is 0 Å². The molecule has 1 aliphatic carbocycles. The van der Waals surface area contributed by atoms with Crippen LogP contribution in [-0.2, 0) is 12.8 Å². The Kier molecular flexibility index (Phi) is 4.06. The highest BCUT2D eigenvalue weighted by atomic mass is 35.5. The van der Waals surface area contributed by atoms with Crippen LogP contribution in [0.4, 0.5) is 5.69 Å². The Morgan fingerprint density at radius 3 is 2.43 bits per heavy atom. The van der Waals surface area contributed by atoms with E-state index in [1.165, 1.54) is 35.5 Å². The summed E-state index contributed by atoms with van der Waals surface area (Å²) < 4.78 is 2.33. The van der Waals surface area contributed by atoms with E-state index in [2.05, 4.69) is 34.9 Å². The molecule has 0 atom stereocenters. The van der Waals surface area contributed by atoms with Gasteiger partial charge in [0.25, 0.3) is 0 Å². The molecule has 23 heavy (non-hydrogen) atoms. The number of aryl methyl sites for hydroxylation is 1. The molecule has 0 amide bonds. The topological polar surface area (TPSA) is 17.3 Å². The zero-order valence-corrected chi connectivity index (χ0v) is 14.3. The van der Waals surface area contributed by atoms with E-state index in [4.69, 9.17) is 16.6 Å². The number of nitrogens with zero attached hydrogens (tertiary/aromatic N) is 2. The standard InChI is InChI=1S/C19H17ClN2S/c20-14-10-12-15(13-11-14)21-19-22(16-6-2-1-3-7-16)17-8-4-5-9-18(17)23-19/h1-3,6-7,10-13H,4-5,8-9H2. The molecule has 3 aromatic rings.